The largest absolute Gasteiger partial charge is 0.377 e. The van der Waals surface area contributed by atoms with E-state index in [0.717, 1.165) is 38.8 Å². The number of rotatable bonds is 8. The third-order valence-electron chi connectivity index (χ3n) is 2.35. The third-order valence-corrected chi connectivity index (χ3v) is 2.35. The second-order valence-corrected chi connectivity index (χ2v) is 3.84. The predicted molar refractivity (Wildman–Crippen MR) is 65.3 cm³/mol. The smallest absolute Gasteiger partial charge is 0.0973 e. The van der Waals surface area contributed by atoms with Crippen LogP contribution in [-0.4, -0.2) is 18.0 Å². The maximum Gasteiger partial charge on any atom is 0.0973 e. The van der Waals surface area contributed by atoms with Gasteiger partial charge < -0.3 is 4.90 Å². The van der Waals surface area contributed by atoms with Crippen LogP contribution in [-0.2, 0) is 0 Å². The van der Waals surface area contributed by atoms with Gasteiger partial charge in [-0.05, 0) is 12.8 Å². The first-order valence-corrected chi connectivity index (χ1v) is 6.00. The molecule has 0 atom stereocenters. The van der Waals surface area contributed by atoms with E-state index in [1.165, 1.54) is 0 Å². The van der Waals surface area contributed by atoms with Crippen LogP contribution in [0, 0.1) is 22.7 Å². The lowest BCUT2D eigenvalue weighted by atomic mass is 10.2. The van der Waals surface area contributed by atoms with E-state index in [0.29, 0.717) is 5.57 Å². The molecule has 0 rings (SSSR count). The van der Waals surface area contributed by atoms with E-state index in [1.54, 1.807) is 0 Å². The van der Waals surface area contributed by atoms with Crippen molar-refractivity contribution in [3.05, 3.63) is 11.8 Å². The fraction of sp³-hybridized carbons (Fsp3) is 0.692. The summed E-state index contributed by atoms with van der Waals surface area (Å²) in [4.78, 5) is 2.17. The molecule has 0 spiro atoms. The molecule has 0 aliphatic heterocycles. The first kappa shape index (κ1) is 14.5. The van der Waals surface area contributed by atoms with Gasteiger partial charge in [0.05, 0.1) is 24.1 Å². The van der Waals surface area contributed by atoms with Gasteiger partial charge in [0, 0.05) is 19.3 Å². The Morgan fingerprint density at radius 1 is 1.12 bits per heavy atom. The van der Waals surface area contributed by atoms with E-state index in [2.05, 4.69) is 24.8 Å². The van der Waals surface area contributed by atoms with Gasteiger partial charge in [0.25, 0.3) is 0 Å². The molecule has 0 heterocycles. The zero-order valence-electron chi connectivity index (χ0n) is 10.4. The van der Waals surface area contributed by atoms with E-state index in [1.807, 2.05) is 12.3 Å². The van der Waals surface area contributed by atoms with Crippen LogP contribution < -0.4 is 0 Å². The van der Waals surface area contributed by atoms with Crippen molar-refractivity contribution >= 4 is 0 Å². The van der Waals surface area contributed by atoms with Crippen LogP contribution in [0.4, 0.5) is 0 Å². The Balaban J connectivity index is 4.37. The van der Waals surface area contributed by atoms with Gasteiger partial charge in [0.15, 0.2) is 0 Å². The van der Waals surface area contributed by atoms with Crippen LogP contribution >= 0.6 is 0 Å². The summed E-state index contributed by atoms with van der Waals surface area (Å²) >= 11 is 0. The highest BCUT2D eigenvalue weighted by Gasteiger charge is 2.02. The van der Waals surface area contributed by atoms with E-state index in [-0.39, 0.29) is 6.42 Å². The number of allylic oxidation sites excluding steroid dienone is 1. The Kier molecular flexibility index (Phi) is 9.12. The Bertz CT molecular complexity index is 273. The molecule has 0 N–H and O–H groups in total. The van der Waals surface area contributed by atoms with E-state index in [9.17, 15) is 0 Å². The van der Waals surface area contributed by atoms with Crippen molar-refractivity contribution in [1.29, 1.82) is 10.5 Å². The Morgan fingerprint density at radius 2 is 1.69 bits per heavy atom. The minimum Gasteiger partial charge on any atom is -0.377 e. The standard InChI is InChI=1S/C13H21N3/c1-3-5-9-16(10-6-4-2)12-13(11-15)7-8-14/h12H,3-7,9-10H2,1-2H3/b13-12+. The summed E-state index contributed by atoms with van der Waals surface area (Å²) in [6.07, 6.45) is 6.63. The highest BCUT2D eigenvalue weighted by molar-refractivity contribution is 5.23. The maximum absolute atomic E-state index is 8.86. The SMILES string of the molecule is CCCCN(/C=C(/C#N)CC#N)CCCC. The number of unbranched alkanes of at least 4 members (excludes halogenated alkanes) is 2. The van der Waals surface area contributed by atoms with Gasteiger partial charge in [0.2, 0.25) is 0 Å². The molecule has 0 fully saturated rings. The van der Waals surface area contributed by atoms with Crippen molar-refractivity contribution in [1.82, 2.24) is 4.90 Å². The molecule has 0 aromatic carbocycles. The van der Waals surface area contributed by atoms with Crippen LogP contribution in [0.1, 0.15) is 46.0 Å². The summed E-state index contributed by atoms with van der Waals surface area (Å²) in [5.41, 5.74) is 0.565. The second-order valence-electron chi connectivity index (χ2n) is 3.84. The van der Waals surface area contributed by atoms with Crippen LogP contribution in [0.25, 0.3) is 0 Å². The number of nitriles is 2. The van der Waals surface area contributed by atoms with Crippen molar-refractivity contribution in [3.63, 3.8) is 0 Å². The van der Waals surface area contributed by atoms with Crippen LogP contribution in [0.3, 0.4) is 0 Å². The fourth-order valence-electron chi connectivity index (χ4n) is 1.38. The molecule has 88 valence electrons. The molecule has 0 unspecified atom stereocenters. The predicted octanol–water partition coefficient (Wildman–Crippen LogP) is 3.21. The average Bonchev–Trinajstić information content (AvgIpc) is 2.31. The van der Waals surface area contributed by atoms with Gasteiger partial charge in [-0.25, -0.2) is 0 Å². The van der Waals surface area contributed by atoms with Crippen LogP contribution in [0.2, 0.25) is 0 Å². The quantitative estimate of drug-likeness (QED) is 0.589. The van der Waals surface area contributed by atoms with E-state index in [4.69, 9.17) is 10.5 Å². The molecule has 16 heavy (non-hydrogen) atoms. The van der Waals surface area contributed by atoms with Crippen molar-refractivity contribution in [2.75, 3.05) is 13.1 Å². The van der Waals surface area contributed by atoms with Crippen molar-refractivity contribution in [2.45, 2.75) is 46.0 Å². The third kappa shape index (κ3) is 6.90. The molecule has 0 bridgehead atoms. The molecule has 3 heteroatoms. The average molecular weight is 219 g/mol. The molecular formula is C13H21N3. The molecule has 0 aromatic rings. The zero-order chi connectivity index (χ0) is 12.2. The molecule has 0 radical (unpaired) electrons. The second kappa shape index (κ2) is 10.1. The topological polar surface area (TPSA) is 50.8 Å². The van der Waals surface area contributed by atoms with Crippen LogP contribution in [0.5, 0.6) is 0 Å². The monoisotopic (exact) mass is 219 g/mol. The zero-order valence-corrected chi connectivity index (χ0v) is 10.4. The Hall–Kier alpha value is -1.48. The van der Waals surface area contributed by atoms with Gasteiger partial charge in [-0.2, -0.15) is 10.5 Å². The lowest BCUT2D eigenvalue weighted by Crippen LogP contribution is -2.20. The van der Waals surface area contributed by atoms with Gasteiger partial charge in [0.1, 0.15) is 0 Å². The summed E-state index contributed by atoms with van der Waals surface area (Å²) in [5, 5.41) is 17.4. The highest BCUT2D eigenvalue weighted by Crippen LogP contribution is 2.05. The normalized spacial score (nSPS) is 10.6. The number of nitrogens with zero attached hydrogens (tertiary/aromatic N) is 3. The van der Waals surface area contributed by atoms with Crippen molar-refractivity contribution in [3.8, 4) is 12.1 Å². The highest BCUT2D eigenvalue weighted by atomic mass is 15.1. The Morgan fingerprint density at radius 3 is 2.06 bits per heavy atom. The van der Waals surface area contributed by atoms with E-state index < -0.39 is 0 Å². The maximum atomic E-state index is 8.86. The summed E-state index contributed by atoms with van der Waals surface area (Å²) in [5.74, 6) is 0. The first-order chi connectivity index (χ1) is 7.78. The van der Waals surface area contributed by atoms with Crippen molar-refractivity contribution < 1.29 is 0 Å². The van der Waals surface area contributed by atoms with Gasteiger partial charge in [-0.15, -0.1) is 0 Å². The minimum absolute atomic E-state index is 0.214. The van der Waals surface area contributed by atoms with Gasteiger partial charge in [-0.3, -0.25) is 0 Å². The summed E-state index contributed by atoms with van der Waals surface area (Å²) in [6, 6.07) is 4.10. The van der Waals surface area contributed by atoms with Crippen molar-refractivity contribution in [2.24, 2.45) is 0 Å². The summed E-state index contributed by atoms with van der Waals surface area (Å²) in [7, 11) is 0. The minimum atomic E-state index is 0.214. The first-order valence-electron chi connectivity index (χ1n) is 6.00. The van der Waals surface area contributed by atoms with E-state index >= 15 is 0 Å². The molecule has 0 amide bonds. The fourth-order valence-corrected chi connectivity index (χ4v) is 1.38. The molecule has 0 aliphatic rings. The lowest BCUT2D eigenvalue weighted by molar-refractivity contribution is 0.358. The molecule has 0 aromatic heterocycles. The molecular weight excluding hydrogens is 198 g/mol. The van der Waals surface area contributed by atoms with Crippen LogP contribution in [0.15, 0.2) is 11.8 Å². The molecule has 0 aliphatic carbocycles. The van der Waals surface area contributed by atoms with Gasteiger partial charge >= 0.3 is 0 Å². The number of hydrogen-bond donors (Lipinski definition) is 0. The Labute approximate surface area is 99.0 Å². The molecule has 0 saturated carbocycles. The van der Waals surface area contributed by atoms with Gasteiger partial charge in [-0.1, -0.05) is 26.7 Å². The lowest BCUT2D eigenvalue weighted by Gasteiger charge is -2.20. The number of hydrogen-bond acceptors (Lipinski definition) is 3. The molecule has 0 saturated heterocycles. The summed E-state index contributed by atoms with van der Waals surface area (Å²) < 4.78 is 0. The summed E-state index contributed by atoms with van der Waals surface area (Å²) in [6.45, 7) is 6.27. The molecule has 3 nitrogen and oxygen atoms in total.